The van der Waals surface area contributed by atoms with Gasteiger partial charge in [-0.1, -0.05) is 11.3 Å². The van der Waals surface area contributed by atoms with E-state index >= 15 is 0 Å². The van der Waals surface area contributed by atoms with Crippen LogP contribution in [0.15, 0.2) is 11.7 Å². The van der Waals surface area contributed by atoms with E-state index in [2.05, 4.69) is 25.5 Å². The fourth-order valence-electron chi connectivity index (χ4n) is 2.44. The average Bonchev–Trinajstić information content (AvgIpc) is 3.15. The average molecular weight is 322 g/mol. The lowest BCUT2D eigenvalue weighted by Crippen LogP contribution is -2.47. The molecule has 1 saturated heterocycles. The van der Waals surface area contributed by atoms with Gasteiger partial charge in [0.05, 0.1) is 12.7 Å². The first-order chi connectivity index (χ1) is 10.6. The molecule has 1 aliphatic rings. The van der Waals surface area contributed by atoms with Gasteiger partial charge in [0.1, 0.15) is 5.51 Å². The van der Waals surface area contributed by atoms with Crippen LogP contribution in [0.25, 0.3) is 0 Å². The van der Waals surface area contributed by atoms with Gasteiger partial charge in [-0.25, -0.2) is 0 Å². The van der Waals surface area contributed by atoms with Crippen LogP contribution in [0.2, 0.25) is 0 Å². The van der Waals surface area contributed by atoms with Gasteiger partial charge >= 0.3 is 0 Å². The molecule has 1 atom stereocenters. The van der Waals surface area contributed by atoms with Gasteiger partial charge in [-0.3, -0.25) is 9.48 Å². The van der Waals surface area contributed by atoms with Crippen molar-refractivity contribution in [2.75, 3.05) is 31.1 Å². The number of nitrogens with zero attached hydrogens (tertiary/aromatic N) is 5. The summed E-state index contributed by atoms with van der Waals surface area (Å²) in [4.78, 5) is 14.3. The van der Waals surface area contributed by atoms with Crippen molar-refractivity contribution in [2.24, 2.45) is 7.05 Å². The molecule has 8 nitrogen and oxygen atoms in total. The van der Waals surface area contributed by atoms with Crippen LogP contribution in [0.3, 0.4) is 0 Å². The van der Waals surface area contributed by atoms with Gasteiger partial charge < -0.3 is 15.0 Å². The summed E-state index contributed by atoms with van der Waals surface area (Å²) < 4.78 is 7.34. The molecule has 9 heteroatoms. The summed E-state index contributed by atoms with van der Waals surface area (Å²) in [6.07, 6.45) is 1.76. The lowest BCUT2D eigenvalue weighted by molar-refractivity contribution is 0.0396. The smallest absolute Gasteiger partial charge is 0.272 e. The molecule has 0 spiro atoms. The van der Waals surface area contributed by atoms with Crippen molar-refractivity contribution < 1.29 is 9.53 Å². The van der Waals surface area contributed by atoms with Crippen molar-refractivity contribution in [1.29, 1.82) is 0 Å². The molecule has 2 aromatic rings. The molecular formula is C13H18N6O2S. The fraction of sp³-hybridized carbons (Fsp3) is 0.538. The summed E-state index contributed by atoms with van der Waals surface area (Å²) in [5.41, 5.74) is 3.03. The second-order valence-corrected chi connectivity index (χ2v) is 6.02. The lowest BCUT2D eigenvalue weighted by atomic mass is 10.2. The summed E-state index contributed by atoms with van der Waals surface area (Å²) in [6, 6.07) is 0. The zero-order valence-electron chi connectivity index (χ0n) is 12.5. The van der Waals surface area contributed by atoms with E-state index in [1.54, 1.807) is 17.2 Å². The number of hydrogen-bond acceptors (Lipinski definition) is 7. The van der Waals surface area contributed by atoms with E-state index in [9.17, 15) is 4.79 Å². The molecule has 0 bridgehead atoms. The molecule has 1 aliphatic heterocycles. The van der Waals surface area contributed by atoms with Gasteiger partial charge in [0.2, 0.25) is 5.13 Å². The number of anilines is 1. The Balaban J connectivity index is 1.55. The summed E-state index contributed by atoms with van der Waals surface area (Å²) in [5, 5.41) is 15.9. The first kappa shape index (κ1) is 14.9. The number of aryl methyl sites for hydroxylation is 2. The number of rotatable bonds is 4. The van der Waals surface area contributed by atoms with E-state index in [1.807, 2.05) is 13.1 Å². The molecule has 0 aliphatic carbocycles. The van der Waals surface area contributed by atoms with E-state index in [0.717, 1.165) is 17.2 Å². The fourth-order valence-corrected chi connectivity index (χ4v) is 3.04. The SMILES string of the molecule is Cc1cn(C)nc1C(=O)NCC1CN(c2nncs2)CCO1. The molecule has 3 heterocycles. The third kappa shape index (κ3) is 3.25. The molecule has 0 radical (unpaired) electrons. The zero-order chi connectivity index (χ0) is 15.5. The number of amides is 1. The predicted octanol–water partition coefficient (Wildman–Crippen LogP) is 0.215. The lowest BCUT2D eigenvalue weighted by Gasteiger charge is -2.32. The van der Waals surface area contributed by atoms with Crippen LogP contribution in [-0.2, 0) is 11.8 Å². The van der Waals surface area contributed by atoms with Crippen molar-refractivity contribution in [3.05, 3.63) is 23.0 Å². The minimum absolute atomic E-state index is 0.0642. The Morgan fingerprint density at radius 3 is 3.14 bits per heavy atom. The molecular weight excluding hydrogens is 304 g/mol. The number of carbonyl (C=O) groups excluding carboxylic acids is 1. The van der Waals surface area contributed by atoms with E-state index in [0.29, 0.717) is 25.4 Å². The number of aromatic nitrogens is 4. The maximum Gasteiger partial charge on any atom is 0.272 e. The van der Waals surface area contributed by atoms with Gasteiger partial charge in [-0.15, -0.1) is 10.2 Å². The van der Waals surface area contributed by atoms with Crippen molar-refractivity contribution in [2.45, 2.75) is 13.0 Å². The highest BCUT2D eigenvalue weighted by molar-refractivity contribution is 7.13. The van der Waals surface area contributed by atoms with Crippen LogP contribution in [0.4, 0.5) is 5.13 Å². The molecule has 118 valence electrons. The first-order valence-corrected chi connectivity index (χ1v) is 7.92. The first-order valence-electron chi connectivity index (χ1n) is 7.04. The molecule has 3 rings (SSSR count). The van der Waals surface area contributed by atoms with Crippen LogP contribution >= 0.6 is 11.3 Å². The monoisotopic (exact) mass is 322 g/mol. The Labute approximate surface area is 132 Å². The molecule has 22 heavy (non-hydrogen) atoms. The Kier molecular flexibility index (Phi) is 4.34. The van der Waals surface area contributed by atoms with Crippen molar-refractivity contribution in [3.8, 4) is 0 Å². The predicted molar refractivity (Wildman–Crippen MR) is 82.1 cm³/mol. The standard InChI is InChI=1S/C13H18N6O2S/c1-9-6-18(2)17-11(9)12(20)14-5-10-7-19(3-4-21-10)13-16-15-8-22-13/h6,8,10H,3-5,7H2,1-2H3,(H,14,20). The molecule has 0 saturated carbocycles. The van der Waals surface area contributed by atoms with Gasteiger partial charge in [0, 0.05) is 38.4 Å². The Hall–Kier alpha value is -2.00. The topological polar surface area (TPSA) is 85.2 Å². The Bertz CT molecular complexity index is 641. The van der Waals surface area contributed by atoms with Gasteiger partial charge in [0.25, 0.3) is 5.91 Å². The number of hydrogen-bond donors (Lipinski definition) is 1. The Morgan fingerprint density at radius 2 is 2.45 bits per heavy atom. The molecule has 0 aromatic carbocycles. The van der Waals surface area contributed by atoms with Gasteiger partial charge in [-0.05, 0) is 6.92 Å². The van der Waals surface area contributed by atoms with E-state index in [1.165, 1.54) is 11.3 Å². The molecule has 1 amide bonds. The molecule has 2 aromatic heterocycles. The largest absolute Gasteiger partial charge is 0.373 e. The molecule has 1 N–H and O–H groups in total. The van der Waals surface area contributed by atoms with E-state index in [4.69, 9.17) is 4.74 Å². The third-order valence-electron chi connectivity index (χ3n) is 3.47. The van der Waals surface area contributed by atoms with Crippen LogP contribution < -0.4 is 10.2 Å². The summed E-state index contributed by atoms with van der Waals surface area (Å²) in [7, 11) is 1.80. The van der Waals surface area contributed by atoms with Crippen LogP contribution in [-0.4, -0.2) is 58.2 Å². The highest BCUT2D eigenvalue weighted by Gasteiger charge is 2.23. The summed E-state index contributed by atoms with van der Waals surface area (Å²) >= 11 is 1.51. The highest BCUT2D eigenvalue weighted by atomic mass is 32.1. The third-order valence-corrected chi connectivity index (χ3v) is 4.23. The van der Waals surface area contributed by atoms with Crippen molar-refractivity contribution in [1.82, 2.24) is 25.3 Å². The molecule has 1 unspecified atom stereocenters. The summed E-state index contributed by atoms with van der Waals surface area (Å²) in [5.74, 6) is -0.172. The Morgan fingerprint density at radius 1 is 1.59 bits per heavy atom. The van der Waals surface area contributed by atoms with Gasteiger partial charge in [-0.2, -0.15) is 5.10 Å². The number of morpholine rings is 1. The van der Waals surface area contributed by atoms with E-state index in [-0.39, 0.29) is 12.0 Å². The van der Waals surface area contributed by atoms with Crippen LogP contribution in [0.1, 0.15) is 16.1 Å². The second kappa shape index (κ2) is 6.41. The maximum absolute atomic E-state index is 12.2. The van der Waals surface area contributed by atoms with Gasteiger partial charge in [0.15, 0.2) is 5.69 Å². The highest BCUT2D eigenvalue weighted by Crippen LogP contribution is 2.18. The maximum atomic E-state index is 12.2. The van der Waals surface area contributed by atoms with Crippen LogP contribution in [0, 0.1) is 6.92 Å². The van der Waals surface area contributed by atoms with Crippen LogP contribution in [0.5, 0.6) is 0 Å². The van der Waals surface area contributed by atoms with E-state index < -0.39 is 0 Å². The minimum Gasteiger partial charge on any atom is -0.373 e. The number of ether oxygens (including phenoxy) is 1. The second-order valence-electron chi connectivity index (χ2n) is 5.20. The van der Waals surface area contributed by atoms with Crippen molar-refractivity contribution in [3.63, 3.8) is 0 Å². The molecule has 1 fully saturated rings. The van der Waals surface area contributed by atoms with Crippen molar-refractivity contribution >= 4 is 22.4 Å². The number of carbonyl (C=O) groups is 1. The minimum atomic E-state index is -0.172. The summed E-state index contributed by atoms with van der Waals surface area (Å²) in [6.45, 7) is 4.42. The normalized spacial score (nSPS) is 18.5. The number of nitrogens with one attached hydrogen (secondary N) is 1. The quantitative estimate of drug-likeness (QED) is 0.866. The zero-order valence-corrected chi connectivity index (χ0v) is 13.3.